The molecular weight excluding hydrogens is 372 g/mol. The molecule has 0 radical (unpaired) electrons. The summed E-state index contributed by atoms with van der Waals surface area (Å²) in [5.74, 6) is 0.667. The van der Waals surface area contributed by atoms with Crippen LogP contribution in [0.1, 0.15) is 55.2 Å². The Morgan fingerprint density at radius 2 is 1.40 bits per heavy atom. The Hall–Kier alpha value is -2.46. The average molecular weight is 405 g/mol. The molecule has 1 saturated heterocycles. The number of benzene rings is 2. The molecule has 1 heterocycles. The minimum atomic E-state index is 0.0515. The van der Waals surface area contributed by atoms with Crippen LogP contribution >= 0.6 is 0 Å². The third-order valence-corrected chi connectivity index (χ3v) is 6.50. The molecule has 1 saturated carbocycles. The first-order chi connectivity index (χ1) is 14.7. The number of rotatable bonds is 8. The van der Waals surface area contributed by atoms with E-state index < -0.39 is 0 Å². The lowest BCUT2D eigenvalue weighted by Gasteiger charge is -2.11. The smallest absolute Gasteiger partial charge is 0.227 e. The number of nitrogens with one attached hydrogen (secondary N) is 2. The maximum atomic E-state index is 12.3. The molecule has 158 valence electrons. The van der Waals surface area contributed by atoms with Crippen molar-refractivity contribution < 1.29 is 9.59 Å². The van der Waals surface area contributed by atoms with Gasteiger partial charge in [0.2, 0.25) is 5.91 Å². The lowest BCUT2D eigenvalue weighted by atomic mass is 9.99. The summed E-state index contributed by atoms with van der Waals surface area (Å²) in [6.07, 6.45) is 8.91. The standard InChI is InChI=1S/C26H32N2O2/c29-25(24-6-3-17-27-24)18-21-11-9-19(10-12-21)7-8-20-13-15-23(16-14-20)28-26(30)22-4-1-2-5-22/h9-16,22,24,27H,1-8,17-18H2,(H,28,30)/t24-/m0/s1. The fraction of sp³-hybridized carbons (Fsp3) is 0.462. The molecule has 4 rings (SSSR count). The van der Waals surface area contributed by atoms with Crippen LogP contribution in [0.5, 0.6) is 0 Å². The highest BCUT2D eigenvalue weighted by atomic mass is 16.2. The SMILES string of the molecule is O=C(Nc1ccc(CCc2ccc(CC(=O)[C@@H]3CCCN3)cc2)cc1)C1CCCC1. The summed E-state index contributed by atoms with van der Waals surface area (Å²) in [4.78, 5) is 24.5. The maximum absolute atomic E-state index is 12.3. The molecule has 2 N–H and O–H groups in total. The number of anilines is 1. The van der Waals surface area contributed by atoms with Crippen molar-refractivity contribution in [1.29, 1.82) is 0 Å². The van der Waals surface area contributed by atoms with Gasteiger partial charge in [0, 0.05) is 18.0 Å². The van der Waals surface area contributed by atoms with E-state index in [1.807, 2.05) is 12.1 Å². The number of Topliss-reactive ketones (excluding diaryl/α,β-unsaturated/α-hetero) is 1. The summed E-state index contributed by atoms with van der Waals surface area (Å²) in [6, 6.07) is 16.7. The van der Waals surface area contributed by atoms with Crippen LogP contribution in [0.4, 0.5) is 5.69 Å². The monoisotopic (exact) mass is 404 g/mol. The van der Waals surface area contributed by atoms with E-state index in [-0.39, 0.29) is 17.9 Å². The fourth-order valence-electron chi connectivity index (χ4n) is 4.58. The second-order valence-corrected chi connectivity index (χ2v) is 8.78. The van der Waals surface area contributed by atoms with Gasteiger partial charge >= 0.3 is 0 Å². The van der Waals surface area contributed by atoms with Crippen molar-refractivity contribution in [2.45, 2.75) is 63.8 Å². The van der Waals surface area contributed by atoms with E-state index in [9.17, 15) is 9.59 Å². The predicted molar refractivity (Wildman–Crippen MR) is 121 cm³/mol. The number of carbonyl (C=O) groups excluding carboxylic acids is 2. The van der Waals surface area contributed by atoms with Crippen LogP contribution in [0.25, 0.3) is 0 Å². The molecule has 1 aliphatic carbocycles. The van der Waals surface area contributed by atoms with Crippen LogP contribution < -0.4 is 10.6 Å². The van der Waals surface area contributed by atoms with Gasteiger partial charge in [-0.2, -0.15) is 0 Å². The first-order valence-electron chi connectivity index (χ1n) is 11.4. The van der Waals surface area contributed by atoms with E-state index in [2.05, 4.69) is 47.0 Å². The summed E-state index contributed by atoms with van der Waals surface area (Å²) in [5, 5.41) is 6.34. The van der Waals surface area contributed by atoms with Crippen LogP contribution in [-0.4, -0.2) is 24.3 Å². The number of hydrogen-bond donors (Lipinski definition) is 2. The van der Waals surface area contributed by atoms with Crippen molar-refractivity contribution in [3.8, 4) is 0 Å². The van der Waals surface area contributed by atoms with Crippen LogP contribution in [0.3, 0.4) is 0 Å². The quantitative estimate of drug-likeness (QED) is 0.683. The van der Waals surface area contributed by atoms with Gasteiger partial charge in [-0.05, 0) is 73.9 Å². The first-order valence-corrected chi connectivity index (χ1v) is 11.4. The van der Waals surface area contributed by atoms with Gasteiger partial charge in [-0.15, -0.1) is 0 Å². The van der Waals surface area contributed by atoms with Gasteiger partial charge in [-0.1, -0.05) is 49.2 Å². The van der Waals surface area contributed by atoms with Crippen molar-refractivity contribution in [1.82, 2.24) is 5.32 Å². The van der Waals surface area contributed by atoms with Crippen molar-refractivity contribution in [3.05, 3.63) is 65.2 Å². The third kappa shape index (κ3) is 5.57. The highest BCUT2D eigenvalue weighted by Crippen LogP contribution is 2.26. The molecule has 0 bridgehead atoms. The van der Waals surface area contributed by atoms with Crippen LogP contribution in [0, 0.1) is 5.92 Å². The van der Waals surface area contributed by atoms with Crippen LogP contribution in [-0.2, 0) is 28.9 Å². The van der Waals surface area contributed by atoms with Crippen LogP contribution in [0.15, 0.2) is 48.5 Å². The van der Waals surface area contributed by atoms with Crippen molar-refractivity contribution in [3.63, 3.8) is 0 Å². The zero-order valence-electron chi connectivity index (χ0n) is 17.7. The highest BCUT2D eigenvalue weighted by molar-refractivity contribution is 5.92. The summed E-state index contributed by atoms with van der Waals surface area (Å²) in [5.41, 5.74) is 4.53. The van der Waals surface area contributed by atoms with Crippen molar-refractivity contribution in [2.75, 3.05) is 11.9 Å². The van der Waals surface area contributed by atoms with Gasteiger partial charge in [0.15, 0.2) is 5.78 Å². The Morgan fingerprint density at radius 3 is 2.00 bits per heavy atom. The highest BCUT2D eigenvalue weighted by Gasteiger charge is 2.23. The zero-order chi connectivity index (χ0) is 20.8. The van der Waals surface area contributed by atoms with E-state index in [1.165, 1.54) is 24.0 Å². The Bertz CT molecular complexity index is 772. The van der Waals surface area contributed by atoms with Crippen molar-refractivity contribution in [2.24, 2.45) is 5.92 Å². The van der Waals surface area contributed by atoms with Gasteiger partial charge < -0.3 is 10.6 Å². The molecular formula is C26H32N2O2. The second kappa shape index (κ2) is 10.0. The lowest BCUT2D eigenvalue weighted by Crippen LogP contribution is -2.31. The summed E-state index contributed by atoms with van der Waals surface area (Å²) in [7, 11) is 0. The number of aryl methyl sites for hydroxylation is 2. The van der Waals surface area contributed by atoms with Gasteiger partial charge in [-0.3, -0.25) is 9.59 Å². The van der Waals surface area contributed by atoms with Gasteiger partial charge in [-0.25, -0.2) is 0 Å². The fourth-order valence-corrected chi connectivity index (χ4v) is 4.58. The topological polar surface area (TPSA) is 58.2 Å². The van der Waals surface area contributed by atoms with Gasteiger partial charge in [0.1, 0.15) is 0 Å². The minimum Gasteiger partial charge on any atom is -0.326 e. The number of carbonyl (C=O) groups is 2. The van der Waals surface area contributed by atoms with Crippen molar-refractivity contribution >= 4 is 17.4 Å². The molecule has 2 fully saturated rings. The number of hydrogen-bond acceptors (Lipinski definition) is 3. The van der Waals surface area contributed by atoms with E-state index >= 15 is 0 Å². The molecule has 2 aromatic carbocycles. The normalized spacial score (nSPS) is 19.1. The van der Waals surface area contributed by atoms with E-state index in [0.29, 0.717) is 12.2 Å². The summed E-state index contributed by atoms with van der Waals surface area (Å²) < 4.78 is 0. The van der Waals surface area contributed by atoms with Crippen LogP contribution in [0.2, 0.25) is 0 Å². The molecule has 4 heteroatoms. The zero-order valence-corrected chi connectivity index (χ0v) is 17.7. The Morgan fingerprint density at radius 1 is 0.800 bits per heavy atom. The molecule has 2 aliphatic rings. The molecule has 0 unspecified atom stereocenters. The van der Waals surface area contributed by atoms with E-state index in [1.54, 1.807) is 0 Å². The number of ketones is 1. The molecule has 0 spiro atoms. The molecule has 1 atom stereocenters. The molecule has 30 heavy (non-hydrogen) atoms. The Balaban J connectivity index is 1.24. The first kappa shape index (κ1) is 20.8. The van der Waals surface area contributed by atoms with E-state index in [0.717, 1.165) is 56.3 Å². The Labute approximate surface area is 179 Å². The largest absolute Gasteiger partial charge is 0.326 e. The predicted octanol–water partition coefficient (Wildman–Crippen LogP) is 4.46. The van der Waals surface area contributed by atoms with Gasteiger partial charge in [0.05, 0.1) is 6.04 Å². The summed E-state index contributed by atoms with van der Waals surface area (Å²) >= 11 is 0. The maximum Gasteiger partial charge on any atom is 0.227 e. The van der Waals surface area contributed by atoms with Gasteiger partial charge in [0.25, 0.3) is 0 Å². The molecule has 1 amide bonds. The molecule has 0 aromatic heterocycles. The second-order valence-electron chi connectivity index (χ2n) is 8.78. The minimum absolute atomic E-state index is 0.0515. The molecule has 1 aliphatic heterocycles. The summed E-state index contributed by atoms with van der Waals surface area (Å²) in [6.45, 7) is 0.962. The third-order valence-electron chi connectivity index (χ3n) is 6.50. The van der Waals surface area contributed by atoms with E-state index in [4.69, 9.17) is 0 Å². The Kier molecular flexibility index (Phi) is 6.96. The lowest BCUT2D eigenvalue weighted by molar-refractivity contribution is -0.120. The average Bonchev–Trinajstić information content (AvgIpc) is 3.48. The molecule has 4 nitrogen and oxygen atoms in total. The number of amides is 1. The molecule has 2 aromatic rings.